The van der Waals surface area contributed by atoms with Crippen LogP contribution in [0, 0.1) is 0 Å². The Balaban J connectivity index is 1.61. The van der Waals surface area contributed by atoms with Gasteiger partial charge in [-0.3, -0.25) is 9.69 Å². The van der Waals surface area contributed by atoms with E-state index in [1.165, 1.54) is 0 Å². The Morgan fingerprint density at radius 2 is 2.00 bits per heavy atom. The number of hydrogen-bond donors (Lipinski definition) is 0. The van der Waals surface area contributed by atoms with Crippen LogP contribution in [-0.4, -0.2) is 49.2 Å². The van der Waals surface area contributed by atoms with Crippen molar-refractivity contribution in [2.45, 2.75) is 25.5 Å². The first-order valence-electron chi connectivity index (χ1n) is 7.08. The van der Waals surface area contributed by atoms with E-state index in [2.05, 4.69) is 15.9 Å². The average Bonchev–Trinajstić information content (AvgIpc) is 2.78. The monoisotopic (exact) mass is 294 g/mol. The molecule has 0 aliphatic carbocycles. The highest BCUT2D eigenvalue weighted by atomic mass is 35.5. The molecule has 3 rings (SSSR count). The Kier molecular flexibility index (Phi) is 3.85. The van der Waals surface area contributed by atoms with Crippen molar-refractivity contribution in [3.05, 3.63) is 29.3 Å². The summed E-state index contributed by atoms with van der Waals surface area (Å²) in [5.74, 6) is -0.0614. The fourth-order valence-corrected chi connectivity index (χ4v) is 3.18. The number of halogens is 1. The van der Waals surface area contributed by atoms with E-state index in [0.717, 1.165) is 43.3 Å². The van der Waals surface area contributed by atoms with Gasteiger partial charge in [-0.05, 0) is 25.1 Å². The number of piperazine rings is 1. The summed E-state index contributed by atoms with van der Waals surface area (Å²) >= 11 is 6.03. The molecule has 1 aromatic rings. The van der Waals surface area contributed by atoms with Crippen molar-refractivity contribution in [1.82, 2.24) is 4.90 Å². The number of benzene rings is 1. The molecular weight excluding hydrogens is 276 g/mol. The zero-order valence-electron chi connectivity index (χ0n) is 11.6. The van der Waals surface area contributed by atoms with Crippen LogP contribution in [0.25, 0.3) is 0 Å². The molecule has 2 saturated heterocycles. The molecule has 4 nitrogen and oxygen atoms in total. The van der Waals surface area contributed by atoms with Crippen molar-refractivity contribution in [1.29, 1.82) is 0 Å². The molecule has 2 unspecified atom stereocenters. The molecule has 2 heterocycles. The van der Waals surface area contributed by atoms with E-state index >= 15 is 0 Å². The van der Waals surface area contributed by atoms with Gasteiger partial charge in [0.2, 0.25) is 0 Å². The van der Waals surface area contributed by atoms with E-state index in [1.54, 1.807) is 0 Å². The second-order valence-corrected chi connectivity index (χ2v) is 5.94. The predicted octanol–water partition coefficient (Wildman–Crippen LogP) is 2.17. The third-order valence-corrected chi connectivity index (χ3v) is 4.31. The van der Waals surface area contributed by atoms with Crippen molar-refractivity contribution in [3.63, 3.8) is 0 Å². The Morgan fingerprint density at radius 3 is 2.60 bits per heavy atom. The molecule has 20 heavy (non-hydrogen) atoms. The molecule has 0 bridgehead atoms. The van der Waals surface area contributed by atoms with E-state index in [0.29, 0.717) is 0 Å². The minimum atomic E-state index is -0.0614. The van der Waals surface area contributed by atoms with Crippen LogP contribution in [0.15, 0.2) is 24.3 Å². The lowest BCUT2D eigenvalue weighted by Gasteiger charge is -2.37. The van der Waals surface area contributed by atoms with Crippen LogP contribution in [-0.2, 0) is 9.53 Å². The first-order chi connectivity index (χ1) is 9.63. The average molecular weight is 295 g/mol. The van der Waals surface area contributed by atoms with Gasteiger partial charge in [0.05, 0.1) is 0 Å². The third kappa shape index (κ3) is 2.76. The molecule has 0 saturated carbocycles. The fourth-order valence-electron chi connectivity index (χ4n) is 3.00. The molecule has 0 spiro atoms. The lowest BCUT2D eigenvalue weighted by Crippen LogP contribution is -2.51. The normalized spacial score (nSPS) is 27.7. The number of cyclic esters (lactones) is 1. The van der Waals surface area contributed by atoms with Crippen LogP contribution in [0.5, 0.6) is 0 Å². The summed E-state index contributed by atoms with van der Waals surface area (Å²) < 4.78 is 5.24. The van der Waals surface area contributed by atoms with Gasteiger partial charge in [0, 0.05) is 43.3 Å². The number of anilines is 1. The van der Waals surface area contributed by atoms with Gasteiger partial charge in [-0.15, -0.1) is 0 Å². The zero-order valence-corrected chi connectivity index (χ0v) is 12.3. The van der Waals surface area contributed by atoms with Crippen LogP contribution in [0.3, 0.4) is 0 Å². The predicted molar refractivity (Wildman–Crippen MR) is 79.2 cm³/mol. The van der Waals surface area contributed by atoms with Crippen LogP contribution < -0.4 is 4.90 Å². The van der Waals surface area contributed by atoms with Crippen molar-refractivity contribution >= 4 is 23.3 Å². The molecule has 2 aliphatic rings. The van der Waals surface area contributed by atoms with Gasteiger partial charge >= 0.3 is 5.97 Å². The number of nitrogens with zero attached hydrogens (tertiary/aromatic N) is 2. The van der Waals surface area contributed by atoms with Crippen molar-refractivity contribution in [2.75, 3.05) is 31.1 Å². The van der Waals surface area contributed by atoms with Crippen molar-refractivity contribution in [3.8, 4) is 0 Å². The molecule has 1 aromatic carbocycles. The largest absolute Gasteiger partial charge is 0.461 e. The summed E-state index contributed by atoms with van der Waals surface area (Å²) in [4.78, 5) is 16.3. The summed E-state index contributed by atoms with van der Waals surface area (Å²) in [6.45, 7) is 5.56. The van der Waals surface area contributed by atoms with Crippen molar-refractivity contribution in [2.24, 2.45) is 0 Å². The second kappa shape index (κ2) is 5.62. The van der Waals surface area contributed by atoms with E-state index in [9.17, 15) is 4.79 Å². The molecule has 0 aromatic heterocycles. The molecule has 2 fully saturated rings. The highest BCUT2D eigenvalue weighted by Crippen LogP contribution is 2.24. The number of carbonyl (C=O) groups is 1. The van der Waals surface area contributed by atoms with Crippen LogP contribution in [0.2, 0.25) is 5.02 Å². The molecule has 108 valence electrons. The van der Waals surface area contributed by atoms with Gasteiger partial charge in [0.15, 0.2) is 0 Å². The van der Waals surface area contributed by atoms with Gasteiger partial charge in [-0.25, -0.2) is 0 Å². The van der Waals surface area contributed by atoms with Gasteiger partial charge < -0.3 is 9.64 Å². The number of esters is 1. The van der Waals surface area contributed by atoms with E-state index in [4.69, 9.17) is 16.3 Å². The first kappa shape index (κ1) is 13.7. The van der Waals surface area contributed by atoms with Crippen LogP contribution >= 0.6 is 11.6 Å². The SMILES string of the molecule is CC1CC(N2CCN(c3cccc(Cl)c3)CC2)C(=O)O1. The van der Waals surface area contributed by atoms with E-state index in [-0.39, 0.29) is 18.1 Å². The Labute approximate surface area is 124 Å². The fraction of sp³-hybridized carbons (Fsp3) is 0.533. The standard InChI is InChI=1S/C15H19ClN2O2/c1-11-9-14(15(19)20-11)18-7-5-17(6-8-18)13-4-2-3-12(16)10-13/h2-4,10-11,14H,5-9H2,1H3. The maximum Gasteiger partial charge on any atom is 0.323 e. The smallest absolute Gasteiger partial charge is 0.323 e. The third-order valence-electron chi connectivity index (χ3n) is 4.07. The Morgan fingerprint density at radius 1 is 1.25 bits per heavy atom. The minimum Gasteiger partial charge on any atom is -0.461 e. The Bertz CT molecular complexity index is 500. The van der Waals surface area contributed by atoms with E-state index < -0.39 is 0 Å². The molecule has 2 atom stereocenters. The highest BCUT2D eigenvalue weighted by Gasteiger charge is 2.37. The summed E-state index contributed by atoms with van der Waals surface area (Å²) in [6, 6.07) is 7.87. The number of hydrogen-bond acceptors (Lipinski definition) is 4. The van der Waals surface area contributed by atoms with E-state index in [1.807, 2.05) is 25.1 Å². The van der Waals surface area contributed by atoms with Crippen LogP contribution in [0.1, 0.15) is 13.3 Å². The maximum absolute atomic E-state index is 11.8. The van der Waals surface area contributed by atoms with Gasteiger partial charge in [0.1, 0.15) is 12.1 Å². The van der Waals surface area contributed by atoms with Crippen LogP contribution in [0.4, 0.5) is 5.69 Å². The quantitative estimate of drug-likeness (QED) is 0.783. The minimum absolute atomic E-state index is 0.0495. The van der Waals surface area contributed by atoms with Gasteiger partial charge in [-0.2, -0.15) is 0 Å². The van der Waals surface area contributed by atoms with Gasteiger partial charge in [-0.1, -0.05) is 17.7 Å². The second-order valence-electron chi connectivity index (χ2n) is 5.50. The zero-order chi connectivity index (χ0) is 14.1. The Hall–Kier alpha value is -1.26. The highest BCUT2D eigenvalue weighted by molar-refractivity contribution is 6.30. The number of carbonyl (C=O) groups excluding carboxylic acids is 1. The summed E-state index contributed by atoms with van der Waals surface area (Å²) in [7, 11) is 0. The lowest BCUT2D eigenvalue weighted by atomic mass is 10.1. The summed E-state index contributed by atoms with van der Waals surface area (Å²) in [5.41, 5.74) is 1.15. The maximum atomic E-state index is 11.8. The first-order valence-corrected chi connectivity index (χ1v) is 7.46. The molecule has 5 heteroatoms. The number of ether oxygens (including phenoxy) is 1. The molecular formula is C15H19ClN2O2. The topological polar surface area (TPSA) is 32.8 Å². The summed E-state index contributed by atoms with van der Waals surface area (Å²) in [6.07, 6.45) is 0.870. The summed E-state index contributed by atoms with van der Waals surface area (Å²) in [5, 5.41) is 0.762. The number of rotatable bonds is 2. The van der Waals surface area contributed by atoms with Crippen molar-refractivity contribution < 1.29 is 9.53 Å². The van der Waals surface area contributed by atoms with Gasteiger partial charge in [0.25, 0.3) is 0 Å². The molecule has 0 N–H and O–H groups in total. The molecule has 0 radical (unpaired) electrons. The molecule has 2 aliphatic heterocycles. The lowest BCUT2D eigenvalue weighted by molar-refractivity contribution is -0.144. The molecule has 0 amide bonds.